The van der Waals surface area contributed by atoms with Crippen molar-refractivity contribution < 1.29 is 5.11 Å². The van der Waals surface area contributed by atoms with Gasteiger partial charge in [0.1, 0.15) is 5.75 Å². The van der Waals surface area contributed by atoms with Crippen LogP contribution < -0.4 is 0 Å². The first-order valence-electron chi connectivity index (χ1n) is 5.63. The van der Waals surface area contributed by atoms with Crippen molar-refractivity contribution in [1.82, 2.24) is 14.9 Å². The molecule has 0 saturated heterocycles. The maximum absolute atomic E-state index is 9.77. The molecule has 0 bridgehead atoms. The summed E-state index contributed by atoms with van der Waals surface area (Å²) in [6.45, 7) is 3.80. The average Bonchev–Trinajstić information content (AvgIpc) is 2.71. The Hall–Kier alpha value is -1.95. The maximum Gasteiger partial charge on any atom is 0.216 e. The van der Waals surface area contributed by atoms with Crippen LogP contribution in [0.4, 0.5) is 0 Å². The topological polar surface area (TPSA) is 66.2 Å². The van der Waals surface area contributed by atoms with Crippen molar-refractivity contribution in [2.75, 3.05) is 0 Å². The largest absolute Gasteiger partial charge is 0.507 e. The number of phenolic OH excluding ortho intramolecular Hbond substituents is 1. The summed E-state index contributed by atoms with van der Waals surface area (Å²) in [4.78, 5) is 0. The molecule has 1 aromatic carbocycles. The lowest BCUT2D eigenvalue weighted by atomic mass is 10.1. The third kappa shape index (κ3) is 2.33. The van der Waals surface area contributed by atoms with Crippen LogP contribution in [0.15, 0.2) is 29.4 Å². The van der Waals surface area contributed by atoms with E-state index in [1.807, 2.05) is 26.0 Å². The van der Waals surface area contributed by atoms with Gasteiger partial charge in [-0.3, -0.25) is 5.10 Å². The SMILES string of the molecule is CCc1n[nH]c(=S)n1N=C(C)c1ccccc1O. The summed E-state index contributed by atoms with van der Waals surface area (Å²) in [5.74, 6) is 0.960. The van der Waals surface area contributed by atoms with Gasteiger partial charge in [0.25, 0.3) is 0 Å². The molecule has 0 aliphatic carbocycles. The number of nitrogens with one attached hydrogen (secondary N) is 1. The van der Waals surface area contributed by atoms with E-state index in [2.05, 4.69) is 15.3 Å². The van der Waals surface area contributed by atoms with E-state index in [1.165, 1.54) is 0 Å². The number of aryl methyl sites for hydroxylation is 1. The quantitative estimate of drug-likeness (QED) is 0.659. The van der Waals surface area contributed by atoms with Gasteiger partial charge in [-0.15, -0.1) is 0 Å². The Labute approximate surface area is 110 Å². The van der Waals surface area contributed by atoms with Crippen molar-refractivity contribution in [2.45, 2.75) is 20.3 Å². The molecular formula is C12H14N4OS. The van der Waals surface area contributed by atoms with Gasteiger partial charge in [-0.25, -0.2) is 0 Å². The van der Waals surface area contributed by atoms with Gasteiger partial charge in [-0.1, -0.05) is 19.1 Å². The smallest absolute Gasteiger partial charge is 0.216 e. The fourth-order valence-corrected chi connectivity index (χ4v) is 1.83. The highest BCUT2D eigenvalue weighted by Gasteiger charge is 2.06. The third-order valence-corrected chi connectivity index (χ3v) is 2.84. The Morgan fingerprint density at radius 3 is 2.89 bits per heavy atom. The fourth-order valence-electron chi connectivity index (χ4n) is 1.64. The van der Waals surface area contributed by atoms with E-state index >= 15 is 0 Å². The van der Waals surface area contributed by atoms with E-state index in [-0.39, 0.29) is 5.75 Å². The molecule has 6 heteroatoms. The lowest BCUT2D eigenvalue weighted by Crippen LogP contribution is -2.03. The Balaban J connectivity index is 2.48. The van der Waals surface area contributed by atoms with Crippen molar-refractivity contribution in [1.29, 1.82) is 0 Å². The minimum atomic E-state index is 0.201. The van der Waals surface area contributed by atoms with Crippen LogP contribution in [0.1, 0.15) is 25.2 Å². The summed E-state index contributed by atoms with van der Waals surface area (Å²) in [5.41, 5.74) is 1.36. The van der Waals surface area contributed by atoms with E-state index in [4.69, 9.17) is 12.2 Å². The van der Waals surface area contributed by atoms with Crippen LogP contribution in [-0.4, -0.2) is 25.7 Å². The van der Waals surface area contributed by atoms with E-state index in [0.717, 1.165) is 12.2 Å². The number of rotatable bonds is 3. The summed E-state index contributed by atoms with van der Waals surface area (Å²) in [6.07, 6.45) is 0.727. The fraction of sp³-hybridized carbons (Fsp3) is 0.250. The molecule has 0 amide bonds. The van der Waals surface area contributed by atoms with Crippen molar-refractivity contribution >= 4 is 17.9 Å². The number of hydrogen-bond donors (Lipinski definition) is 2. The standard InChI is InChI=1S/C12H14N4OS/c1-3-11-13-14-12(18)16(11)15-8(2)9-6-4-5-7-10(9)17/h4-7,17H,3H2,1-2H3,(H,14,18). The molecule has 0 fully saturated rings. The molecule has 5 nitrogen and oxygen atoms in total. The Bertz CT molecular complexity index is 642. The van der Waals surface area contributed by atoms with Crippen LogP contribution in [-0.2, 0) is 6.42 Å². The van der Waals surface area contributed by atoms with Crippen molar-refractivity contribution in [3.8, 4) is 5.75 Å². The molecule has 18 heavy (non-hydrogen) atoms. The molecule has 0 unspecified atom stereocenters. The predicted molar refractivity (Wildman–Crippen MR) is 72.5 cm³/mol. The Morgan fingerprint density at radius 2 is 2.22 bits per heavy atom. The summed E-state index contributed by atoms with van der Waals surface area (Å²) in [7, 11) is 0. The van der Waals surface area contributed by atoms with Crippen LogP contribution in [0.25, 0.3) is 0 Å². The molecule has 0 saturated carbocycles. The number of aromatic hydroxyl groups is 1. The Morgan fingerprint density at radius 1 is 1.50 bits per heavy atom. The minimum absolute atomic E-state index is 0.201. The molecule has 94 valence electrons. The molecule has 2 N–H and O–H groups in total. The van der Waals surface area contributed by atoms with Crippen LogP contribution in [0.2, 0.25) is 0 Å². The molecule has 0 radical (unpaired) electrons. The van der Waals surface area contributed by atoms with Crippen LogP contribution in [0.5, 0.6) is 5.75 Å². The van der Waals surface area contributed by atoms with Gasteiger partial charge in [-0.2, -0.15) is 14.9 Å². The van der Waals surface area contributed by atoms with Gasteiger partial charge < -0.3 is 5.11 Å². The predicted octanol–water partition coefficient (Wildman–Crippen LogP) is 2.48. The zero-order chi connectivity index (χ0) is 13.1. The van der Waals surface area contributed by atoms with E-state index < -0.39 is 0 Å². The van der Waals surface area contributed by atoms with Crippen LogP contribution in [0, 0.1) is 4.77 Å². The molecule has 0 aliphatic heterocycles. The number of nitrogens with zero attached hydrogens (tertiary/aromatic N) is 3. The van der Waals surface area contributed by atoms with Gasteiger partial charge in [0, 0.05) is 12.0 Å². The number of H-pyrrole nitrogens is 1. The summed E-state index contributed by atoms with van der Waals surface area (Å²) < 4.78 is 2.03. The van der Waals surface area contributed by atoms with Crippen molar-refractivity contribution in [3.63, 3.8) is 0 Å². The van der Waals surface area contributed by atoms with E-state index in [1.54, 1.807) is 16.8 Å². The number of aromatic nitrogens is 3. The molecule has 0 spiro atoms. The van der Waals surface area contributed by atoms with Crippen molar-refractivity contribution in [3.05, 3.63) is 40.4 Å². The van der Waals surface area contributed by atoms with Gasteiger partial charge in [0.2, 0.25) is 4.77 Å². The highest BCUT2D eigenvalue weighted by Crippen LogP contribution is 2.16. The molecule has 2 aromatic rings. The van der Waals surface area contributed by atoms with Crippen LogP contribution >= 0.6 is 12.2 Å². The first kappa shape index (κ1) is 12.5. The average molecular weight is 262 g/mol. The second-order valence-electron chi connectivity index (χ2n) is 3.81. The number of benzene rings is 1. The molecule has 2 rings (SSSR count). The van der Waals surface area contributed by atoms with E-state index in [9.17, 15) is 5.11 Å². The zero-order valence-electron chi connectivity index (χ0n) is 10.2. The van der Waals surface area contributed by atoms with Crippen LogP contribution in [0.3, 0.4) is 0 Å². The van der Waals surface area contributed by atoms with Gasteiger partial charge in [-0.05, 0) is 31.3 Å². The molecule has 1 aromatic heterocycles. The third-order valence-electron chi connectivity index (χ3n) is 2.58. The molecule has 0 atom stereocenters. The first-order chi connectivity index (χ1) is 8.63. The van der Waals surface area contributed by atoms with Gasteiger partial charge in [0.05, 0.1) is 5.71 Å². The lowest BCUT2D eigenvalue weighted by Gasteiger charge is -2.04. The zero-order valence-corrected chi connectivity index (χ0v) is 11.0. The number of hydrogen-bond acceptors (Lipinski definition) is 4. The summed E-state index contributed by atoms with van der Waals surface area (Å²) >= 11 is 5.12. The number of aromatic amines is 1. The normalized spacial score (nSPS) is 11.8. The Kier molecular flexibility index (Phi) is 3.57. The second-order valence-corrected chi connectivity index (χ2v) is 4.20. The van der Waals surface area contributed by atoms with E-state index in [0.29, 0.717) is 16.0 Å². The highest BCUT2D eigenvalue weighted by molar-refractivity contribution is 7.71. The number of phenols is 1. The summed E-state index contributed by atoms with van der Waals surface area (Å²) in [5, 5.41) is 20.9. The molecular weight excluding hydrogens is 248 g/mol. The minimum Gasteiger partial charge on any atom is -0.507 e. The summed E-state index contributed by atoms with van der Waals surface area (Å²) in [6, 6.07) is 7.06. The second kappa shape index (κ2) is 5.14. The van der Waals surface area contributed by atoms with Gasteiger partial charge >= 0.3 is 0 Å². The van der Waals surface area contributed by atoms with Crippen molar-refractivity contribution in [2.24, 2.45) is 5.10 Å². The first-order valence-corrected chi connectivity index (χ1v) is 6.04. The lowest BCUT2D eigenvalue weighted by molar-refractivity contribution is 0.474. The van der Waals surface area contributed by atoms with Gasteiger partial charge in [0.15, 0.2) is 5.82 Å². The molecule has 1 heterocycles. The molecule has 0 aliphatic rings. The maximum atomic E-state index is 9.77. The highest BCUT2D eigenvalue weighted by atomic mass is 32.1. The monoisotopic (exact) mass is 262 g/mol. The number of para-hydroxylation sites is 1.